The summed E-state index contributed by atoms with van der Waals surface area (Å²) in [5.74, 6) is -0.365. The van der Waals surface area contributed by atoms with Crippen molar-refractivity contribution in [2.75, 3.05) is 11.9 Å². The van der Waals surface area contributed by atoms with Crippen molar-refractivity contribution in [2.45, 2.75) is 46.2 Å². The van der Waals surface area contributed by atoms with Gasteiger partial charge in [0, 0.05) is 36.2 Å². The van der Waals surface area contributed by atoms with Gasteiger partial charge in [-0.15, -0.1) is 0 Å². The summed E-state index contributed by atoms with van der Waals surface area (Å²) < 4.78 is 16.8. The minimum absolute atomic E-state index is 0.0802. The van der Waals surface area contributed by atoms with Gasteiger partial charge in [0.25, 0.3) is 0 Å². The lowest BCUT2D eigenvalue weighted by Crippen LogP contribution is -2.33. The van der Waals surface area contributed by atoms with Crippen LogP contribution in [0, 0.1) is 33.5 Å². The van der Waals surface area contributed by atoms with E-state index in [1.165, 1.54) is 6.07 Å². The number of anilines is 1. The summed E-state index contributed by atoms with van der Waals surface area (Å²) in [6.45, 7) is 8.37. The summed E-state index contributed by atoms with van der Waals surface area (Å²) in [5.41, 5.74) is 7.11. The summed E-state index contributed by atoms with van der Waals surface area (Å²) in [5, 5.41) is 7.06. The molecule has 0 radical (unpaired) electrons. The highest BCUT2D eigenvalue weighted by atomic mass is 32.1. The number of amides is 1. The standard InChI is InChI=1S/C31H32FN5OS/c1-19-12-13-20(2)26(17-19)34-28(38)14-16-36-30(29(35-31(36)39)25-10-7-8-15-33-25)23-18-21(3)37(22(23)4)27-11-6-5-9-24(27)32/h5-13,15,17-18,29-30H,14,16H2,1-4H3,(H,34,38)(H,35,39)/t29-,30-/m1/s1. The number of para-hydroxylation sites is 1. The van der Waals surface area contributed by atoms with Crippen molar-refractivity contribution in [2.24, 2.45) is 0 Å². The number of aromatic nitrogens is 2. The minimum atomic E-state index is -0.285. The lowest BCUT2D eigenvalue weighted by atomic mass is 9.96. The molecular formula is C31H32FN5OS. The summed E-state index contributed by atoms with van der Waals surface area (Å²) in [6.07, 6.45) is 2.02. The smallest absolute Gasteiger partial charge is 0.226 e. The Morgan fingerprint density at radius 2 is 1.82 bits per heavy atom. The zero-order chi connectivity index (χ0) is 27.7. The highest BCUT2D eigenvalue weighted by molar-refractivity contribution is 7.80. The highest BCUT2D eigenvalue weighted by Crippen LogP contribution is 2.41. The molecule has 1 amide bonds. The van der Waals surface area contributed by atoms with E-state index in [1.54, 1.807) is 18.3 Å². The molecule has 2 aromatic heterocycles. The van der Waals surface area contributed by atoms with E-state index in [4.69, 9.17) is 12.2 Å². The second-order valence-corrected chi connectivity index (χ2v) is 10.4. The second-order valence-electron chi connectivity index (χ2n) is 10.0. The predicted octanol–water partition coefficient (Wildman–Crippen LogP) is 6.25. The van der Waals surface area contributed by atoms with Gasteiger partial charge in [0.1, 0.15) is 5.82 Å². The Morgan fingerprint density at radius 1 is 1.05 bits per heavy atom. The van der Waals surface area contributed by atoms with Crippen molar-refractivity contribution in [3.05, 3.63) is 113 Å². The van der Waals surface area contributed by atoms with E-state index in [2.05, 4.69) is 26.6 Å². The highest BCUT2D eigenvalue weighted by Gasteiger charge is 2.41. The van der Waals surface area contributed by atoms with Gasteiger partial charge in [0.2, 0.25) is 5.91 Å². The van der Waals surface area contributed by atoms with Gasteiger partial charge in [0.05, 0.1) is 23.5 Å². The van der Waals surface area contributed by atoms with E-state index in [1.807, 2.05) is 74.7 Å². The first-order valence-corrected chi connectivity index (χ1v) is 13.4. The largest absolute Gasteiger partial charge is 0.352 e. The van der Waals surface area contributed by atoms with E-state index in [9.17, 15) is 9.18 Å². The molecule has 200 valence electrons. The fourth-order valence-corrected chi connectivity index (χ4v) is 5.71. The van der Waals surface area contributed by atoms with Crippen molar-refractivity contribution in [3.63, 3.8) is 0 Å². The third-order valence-corrected chi connectivity index (χ3v) is 7.68. The van der Waals surface area contributed by atoms with Crippen molar-refractivity contribution in [3.8, 4) is 5.69 Å². The fourth-order valence-electron chi connectivity index (χ4n) is 5.38. The SMILES string of the molecule is Cc1ccc(C)c(NC(=O)CCN2C(=S)N[C@H](c3ccccn3)[C@H]2c2cc(C)n(-c3ccccc3F)c2C)c1. The van der Waals surface area contributed by atoms with Crippen LogP contribution in [0.3, 0.4) is 0 Å². The lowest BCUT2D eigenvalue weighted by Gasteiger charge is -2.28. The maximum Gasteiger partial charge on any atom is 0.226 e. The van der Waals surface area contributed by atoms with Crippen LogP contribution in [0.5, 0.6) is 0 Å². The molecule has 0 spiro atoms. The number of nitrogens with zero attached hydrogens (tertiary/aromatic N) is 3. The molecule has 39 heavy (non-hydrogen) atoms. The van der Waals surface area contributed by atoms with E-state index in [-0.39, 0.29) is 30.2 Å². The zero-order valence-electron chi connectivity index (χ0n) is 22.5. The molecule has 5 rings (SSSR count). The van der Waals surface area contributed by atoms with Crippen LogP contribution in [-0.2, 0) is 4.79 Å². The average molecular weight is 542 g/mol. The normalized spacial score (nSPS) is 16.8. The number of hydrogen-bond donors (Lipinski definition) is 2. The Morgan fingerprint density at radius 3 is 2.56 bits per heavy atom. The van der Waals surface area contributed by atoms with Gasteiger partial charge in [-0.05, 0) is 93.0 Å². The van der Waals surface area contributed by atoms with E-state index >= 15 is 0 Å². The third-order valence-electron chi connectivity index (χ3n) is 7.33. The van der Waals surface area contributed by atoms with Crippen molar-refractivity contribution in [1.82, 2.24) is 19.8 Å². The minimum Gasteiger partial charge on any atom is -0.352 e. The Hall–Kier alpha value is -4.04. The molecule has 1 aliphatic rings. The average Bonchev–Trinajstić information content (AvgIpc) is 3.40. The Kier molecular flexibility index (Phi) is 7.48. The van der Waals surface area contributed by atoms with Crippen LogP contribution in [0.2, 0.25) is 0 Å². The first-order chi connectivity index (χ1) is 18.7. The van der Waals surface area contributed by atoms with E-state index in [0.717, 1.165) is 39.5 Å². The molecule has 8 heteroatoms. The van der Waals surface area contributed by atoms with Gasteiger partial charge in [-0.2, -0.15) is 0 Å². The molecule has 6 nitrogen and oxygen atoms in total. The topological polar surface area (TPSA) is 62.2 Å². The Balaban J connectivity index is 1.48. The van der Waals surface area contributed by atoms with Gasteiger partial charge in [-0.3, -0.25) is 9.78 Å². The van der Waals surface area contributed by atoms with Crippen LogP contribution in [0.15, 0.2) is 72.9 Å². The van der Waals surface area contributed by atoms with Crippen molar-refractivity contribution >= 4 is 28.9 Å². The molecule has 2 N–H and O–H groups in total. The van der Waals surface area contributed by atoms with Crippen LogP contribution < -0.4 is 10.6 Å². The molecule has 0 bridgehead atoms. The summed E-state index contributed by atoms with van der Waals surface area (Å²) in [7, 11) is 0. The zero-order valence-corrected chi connectivity index (χ0v) is 23.3. The molecule has 4 aromatic rings. The van der Waals surface area contributed by atoms with Crippen LogP contribution >= 0.6 is 12.2 Å². The first kappa shape index (κ1) is 26.6. The van der Waals surface area contributed by atoms with Crippen LogP contribution in [0.4, 0.5) is 10.1 Å². The number of benzene rings is 2. The van der Waals surface area contributed by atoms with Crippen molar-refractivity contribution < 1.29 is 9.18 Å². The third kappa shape index (κ3) is 5.29. The number of thiocarbonyl (C=S) groups is 1. The Labute approximate surface area is 233 Å². The molecule has 1 aliphatic heterocycles. The van der Waals surface area contributed by atoms with Crippen LogP contribution in [0.25, 0.3) is 5.69 Å². The second kappa shape index (κ2) is 11.0. The molecule has 3 heterocycles. The fraction of sp³-hybridized carbons (Fsp3) is 0.258. The van der Waals surface area contributed by atoms with Crippen LogP contribution in [0.1, 0.15) is 52.3 Å². The molecule has 0 aliphatic carbocycles. The molecule has 2 aromatic carbocycles. The maximum absolute atomic E-state index is 14.8. The van der Waals surface area contributed by atoms with Gasteiger partial charge >= 0.3 is 0 Å². The van der Waals surface area contributed by atoms with Gasteiger partial charge < -0.3 is 20.1 Å². The number of carbonyl (C=O) groups is 1. The quantitative estimate of drug-likeness (QED) is 0.271. The molecular weight excluding hydrogens is 509 g/mol. The summed E-state index contributed by atoms with van der Waals surface area (Å²) >= 11 is 5.80. The monoisotopic (exact) mass is 541 g/mol. The molecule has 0 unspecified atom stereocenters. The van der Waals surface area contributed by atoms with E-state index < -0.39 is 0 Å². The van der Waals surface area contributed by atoms with E-state index in [0.29, 0.717) is 17.3 Å². The predicted molar refractivity (Wildman–Crippen MR) is 157 cm³/mol. The molecule has 0 saturated carbocycles. The molecule has 1 saturated heterocycles. The number of aryl methyl sites for hydroxylation is 3. The number of carbonyl (C=O) groups excluding carboxylic acids is 1. The Bertz CT molecular complexity index is 1530. The summed E-state index contributed by atoms with van der Waals surface area (Å²) in [4.78, 5) is 19.7. The van der Waals surface area contributed by atoms with Crippen LogP contribution in [-0.4, -0.2) is 32.0 Å². The van der Waals surface area contributed by atoms with Crippen molar-refractivity contribution in [1.29, 1.82) is 0 Å². The number of pyridine rings is 1. The number of rotatable bonds is 7. The number of hydrogen-bond acceptors (Lipinski definition) is 3. The molecule has 2 atom stereocenters. The summed E-state index contributed by atoms with van der Waals surface area (Å²) in [6, 6.07) is 20.2. The number of halogens is 1. The molecule has 1 fully saturated rings. The van der Waals surface area contributed by atoms with Gasteiger partial charge in [-0.25, -0.2) is 4.39 Å². The van der Waals surface area contributed by atoms with Gasteiger partial charge in [-0.1, -0.05) is 30.3 Å². The maximum atomic E-state index is 14.8. The first-order valence-electron chi connectivity index (χ1n) is 13.0. The lowest BCUT2D eigenvalue weighted by molar-refractivity contribution is -0.116. The number of nitrogens with one attached hydrogen (secondary N) is 2. The van der Waals surface area contributed by atoms with Gasteiger partial charge in [0.15, 0.2) is 5.11 Å².